The predicted octanol–water partition coefficient (Wildman–Crippen LogP) is 2.60. The molecular formula is C17H19F3N4OS. The van der Waals surface area contributed by atoms with E-state index in [-0.39, 0.29) is 11.6 Å². The molecule has 2 unspecified atom stereocenters. The van der Waals surface area contributed by atoms with Gasteiger partial charge in [-0.05, 0) is 24.4 Å². The van der Waals surface area contributed by atoms with Crippen molar-refractivity contribution in [2.45, 2.75) is 37.7 Å². The molecule has 5 nitrogen and oxygen atoms in total. The molecule has 2 aliphatic rings. The third kappa shape index (κ3) is 3.13. The van der Waals surface area contributed by atoms with Crippen molar-refractivity contribution in [2.24, 2.45) is 5.73 Å². The van der Waals surface area contributed by atoms with Gasteiger partial charge in [-0.2, -0.15) is 5.10 Å². The summed E-state index contributed by atoms with van der Waals surface area (Å²) in [6.07, 6.45) is 3.77. The van der Waals surface area contributed by atoms with Crippen molar-refractivity contribution < 1.29 is 17.9 Å². The molecule has 2 aliphatic heterocycles. The quantitative estimate of drug-likeness (QED) is 0.825. The van der Waals surface area contributed by atoms with E-state index >= 15 is 0 Å². The van der Waals surface area contributed by atoms with Gasteiger partial charge in [0.1, 0.15) is 11.9 Å². The number of rotatable bonds is 3. The fraction of sp³-hybridized carbons (Fsp3) is 0.471. The van der Waals surface area contributed by atoms with Gasteiger partial charge < -0.3 is 10.5 Å². The van der Waals surface area contributed by atoms with E-state index in [9.17, 15) is 13.2 Å². The Hall–Kier alpha value is -1.55. The van der Waals surface area contributed by atoms with Gasteiger partial charge >= 0.3 is 0 Å². The summed E-state index contributed by atoms with van der Waals surface area (Å²) in [6, 6.07) is 0.946. The van der Waals surface area contributed by atoms with E-state index in [0.717, 1.165) is 18.3 Å². The van der Waals surface area contributed by atoms with Crippen molar-refractivity contribution in [1.82, 2.24) is 14.1 Å². The summed E-state index contributed by atoms with van der Waals surface area (Å²) in [5.41, 5.74) is 8.39. The number of hydrogen-bond acceptors (Lipinski definition) is 5. The van der Waals surface area contributed by atoms with Crippen LogP contribution in [0.4, 0.5) is 13.2 Å². The van der Waals surface area contributed by atoms with Crippen LogP contribution >= 0.6 is 11.9 Å². The minimum Gasteiger partial charge on any atom is -0.370 e. The summed E-state index contributed by atoms with van der Waals surface area (Å²) in [5.74, 6) is -3.16. The number of hydrogen-bond donors (Lipinski definition) is 1. The van der Waals surface area contributed by atoms with Crippen molar-refractivity contribution in [3.8, 4) is 0 Å². The maximum Gasteiger partial charge on any atom is 0.161 e. The third-order valence-corrected chi connectivity index (χ3v) is 5.59. The zero-order valence-corrected chi connectivity index (χ0v) is 15.0. The van der Waals surface area contributed by atoms with Gasteiger partial charge in [0.15, 0.2) is 11.6 Å². The first-order valence-corrected chi connectivity index (χ1v) is 9.52. The van der Waals surface area contributed by atoms with Crippen LogP contribution in [0.3, 0.4) is 0 Å². The van der Waals surface area contributed by atoms with Gasteiger partial charge in [-0.3, -0.25) is 4.90 Å². The minimum atomic E-state index is -1.22. The smallest absolute Gasteiger partial charge is 0.161 e. The summed E-state index contributed by atoms with van der Waals surface area (Å²) in [7, 11) is 0. The number of nitrogens with two attached hydrogens (primary N) is 1. The minimum absolute atomic E-state index is 0.0316. The van der Waals surface area contributed by atoms with Crippen molar-refractivity contribution in [3.63, 3.8) is 0 Å². The van der Waals surface area contributed by atoms with E-state index < -0.39 is 29.6 Å². The largest absolute Gasteiger partial charge is 0.370 e. The summed E-state index contributed by atoms with van der Waals surface area (Å²) >= 11 is 1.54. The van der Waals surface area contributed by atoms with Crippen LogP contribution < -0.4 is 5.73 Å². The lowest BCUT2D eigenvalue weighted by Crippen LogP contribution is -2.47. The average Bonchev–Trinajstić information content (AvgIpc) is 3.17. The Bertz CT molecular complexity index is 807. The molecule has 1 saturated heterocycles. The number of benzene rings is 1. The number of nitrogens with zero attached hydrogens (tertiary/aromatic N) is 3. The van der Waals surface area contributed by atoms with Crippen LogP contribution in [-0.4, -0.2) is 39.0 Å². The Labute approximate surface area is 153 Å². The average molecular weight is 384 g/mol. The van der Waals surface area contributed by atoms with Crippen LogP contribution in [0.5, 0.6) is 0 Å². The van der Waals surface area contributed by atoms with Crippen molar-refractivity contribution in [1.29, 1.82) is 0 Å². The first kappa shape index (κ1) is 17.8. The van der Waals surface area contributed by atoms with Crippen molar-refractivity contribution >= 4 is 11.9 Å². The summed E-state index contributed by atoms with van der Waals surface area (Å²) in [6.45, 7) is 1.83. The van der Waals surface area contributed by atoms with Gasteiger partial charge in [-0.25, -0.2) is 17.3 Å². The molecule has 4 rings (SSSR count). The molecule has 1 fully saturated rings. The SMILES string of the molecule is CSn1cc2c(n1)CN(C1CO[C@H](c3cc(F)c(F)cc3F)C(N)C1)C2. The second kappa shape index (κ2) is 6.88. The molecule has 1 aromatic carbocycles. The third-order valence-electron chi connectivity index (χ3n) is 5.03. The highest BCUT2D eigenvalue weighted by Gasteiger charge is 2.37. The lowest BCUT2D eigenvalue weighted by Gasteiger charge is -2.38. The first-order chi connectivity index (χ1) is 12.5. The molecule has 9 heteroatoms. The maximum atomic E-state index is 14.0. The topological polar surface area (TPSA) is 56.3 Å². The molecule has 0 saturated carbocycles. The van der Waals surface area contributed by atoms with E-state index in [1.165, 1.54) is 5.56 Å². The van der Waals surface area contributed by atoms with Crippen LogP contribution in [-0.2, 0) is 17.8 Å². The lowest BCUT2D eigenvalue weighted by atomic mass is 9.93. The Kier molecular flexibility index (Phi) is 4.72. The van der Waals surface area contributed by atoms with Gasteiger partial charge in [0, 0.05) is 54.8 Å². The molecule has 0 aliphatic carbocycles. The molecule has 1 aromatic heterocycles. The zero-order chi connectivity index (χ0) is 18.4. The van der Waals surface area contributed by atoms with Gasteiger partial charge in [-0.1, -0.05) is 0 Å². The van der Waals surface area contributed by atoms with Crippen LogP contribution in [0, 0.1) is 17.5 Å². The van der Waals surface area contributed by atoms with Crippen LogP contribution in [0.1, 0.15) is 29.3 Å². The van der Waals surface area contributed by atoms with E-state index in [4.69, 9.17) is 10.5 Å². The first-order valence-electron chi connectivity index (χ1n) is 8.34. The van der Waals surface area contributed by atoms with Crippen LogP contribution in [0.25, 0.3) is 0 Å². The molecular weight excluding hydrogens is 365 g/mol. The summed E-state index contributed by atoms with van der Waals surface area (Å²) < 4.78 is 48.3. The van der Waals surface area contributed by atoms with E-state index in [2.05, 4.69) is 10.00 Å². The van der Waals surface area contributed by atoms with Gasteiger partial charge in [0.25, 0.3) is 0 Å². The number of aromatic nitrogens is 2. The highest BCUT2D eigenvalue weighted by molar-refractivity contribution is 7.97. The van der Waals surface area contributed by atoms with Crippen LogP contribution in [0.2, 0.25) is 0 Å². The summed E-state index contributed by atoms with van der Waals surface area (Å²) in [4.78, 5) is 2.24. The highest BCUT2D eigenvalue weighted by Crippen LogP contribution is 2.34. The molecule has 0 bridgehead atoms. The Morgan fingerprint density at radius 1 is 1.19 bits per heavy atom. The normalized spacial score (nSPS) is 26.3. The summed E-state index contributed by atoms with van der Waals surface area (Å²) in [5, 5.41) is 4.50. The Morgan fingerprint density at radius 3 is 2.65 bits per heavy atom. The second-order valence-corrected chi connectivity index (χ2v) is 7.43. The molecule has 0 spiro atoms. The monoisotopic (exact) mass is 384 g/mol. The number of ether oxygens (including phenoxy) is 1. The molecule has 26 heavy (non-hydrogen) atoms. The van der Waals surface area contributed by atoms with E-state index in [1.54, 1.807) is 11.9 Å². The van der Waals surface area contributed by atoms with Gasteiger partial charge in [0.2, 0.25) is 0 Å². The Balaban J connectivity index is 1.44. The fourth-order valence-corrected chi connectivity index (χ4v) is 4.09. The fourth-order valence-electron chi connectivity index (χ4n) is 3.68. The molecule has 2 N–H and O–H groups in total. The zero-order valence-electron chi connectivity index (χ0n) is 14.2. The maximum absolute atomic E-state index is 14.0. The van der Waals surface area contributed by atoms with Gasteiger partial charge in [0.05, 0.1) is 12.3 Å². The molecule has 0 amide bonds. The van der Waals surface area contributed by atoms with Gasteiger partial charge in [-0.15, -0.1) is 0 Å². The number of halogens is 3. The Morgan fingerprint density at radius 2 is 1.96 bits per heavy atom. The highest BCUT2D eigenvalue weighted by atomic mass is 32.2. The predicted molar refractivity (Wildman–Crippen MR) is 91.8 cm³/mol. The second-order valence-electron chi connectivity index (χ2n) is 6.69. The molecule has 3 heterocycles. The van der Waals surface area contributed by atoms with Crippen molar-refractivity contribution in [3.05, 3.63) is 52.6 Å². The van der Waals surface area contributed by atoms with Crippen molar-refractivity contribution in [2.75, 3.05) is 12.9 Å². The van der Waals surface area contributed by atoms with E-state index in [0.29, 0.717) is 25.6 Å². The molecule has 3 atom stereocenters. The van der Waals surface area contributed by atoms with E-state index in [1.807, 2.05) is 16.5 Å². The molecule has 0 radical (unpaired) electrons. The molecule has 140 valence electrons. The standard InChI is InChI=1S/C17H19F3N4OS/c1-26-24-6-9-5-23(7-16(9)22-24)10-2-15(21)17(25-8-10)11-3-13(19)14(20)4-12(11)18/h3-4,6,10,15,17H,2,5,7-8,21H2,1H3/t10?,15?,17-/m1/s1. The number of fused-ring (bicyclic) bond motifs is 1. The lowest BCUT2D eigenvalue weighted by molar-refractivity contribution is -0.0533. The van der Waals surface area contributed by atoms with Crippen LogP contribution in [0.15, 0.2) is 18.3 Å². The molecule has 2 aromatic rings.